The number of hydrogen-bond donors (Lipinski definition) is 1. The van der Waals surface area contributed by atoms with Gasteiger partial charge < -0.3 is 10.1 Å². The number of halogens is 3. The fourth-order valence-electron chi connectivity index (χ4n) is 2.98. The third-order valence-electron chi connectivity index (χ3n) is 5.00. The number of hydrogen-bond acceptors (Lipinski definition) is 4. The SMILES string of the molecule is C[C@@H](Nc1nc(C2CC2)ncc1OCC1CC1)c1cccc(C(F)F)c1F. The van der Waals surface area contributed by atoms with Crippen molar-refractivity contribution < 1.29 is 17.9 Å². The molecule has 2 aromatic rings. The predicted octanol–water partition coefficient (Wildman–Crippen LogP) is 5.39. The summed E-state index contributed by atoms with van der Waals surface area (Å²) in [5, 5.41) is 3.14. The summed E-state index contributed by atoms with van der Waals surface area (Å²) in [6.45, 7) is 2.32. The van der Waals surface area contributed by atoms with Gasteiger partial charge in [0.1, 0.15) is 11.6 Å². The molecule has 2 fully saturated rings. The highest BCUT2D eigenvalue weighted by atomic mass is 19.3. The zero-order chi connectivity index (χ0) is 19.0. The van der Waals surface area contributed by atoms with Crippen LogP contribution >= 0.6 is 0 Å². The summed E-state index contributed by atoms with van der Waals surface area (Å²) in [6, 6.07) is 3.51. The van der Waals surface area contributed by atoms with Crippen molar-refractivity contribution in [2.75, 3.05) is 11.9 Å². The molecule has 1 N–H and O–H groups in total. The van der Waals surface area contributed by atoms with E-state index in [1.807, 2.05) is 0 Å². The van der Waals surface area contributed by atoms with Crippen molar-refractivity contribution in [2.24, 2.45) is 5.92 Å². The smallest absolute Gasteiger partial charge is 0.266 e. The standard InChI is InChI=1S/C20H22F3N3O/c1-11(14-3-2-4-15(17(14)21)18(22)23)25-20-16(27-10-12-5-6-12)9-24-19(26-20)13-7-8-13/h2-4,9,11-13,18H,5-8,10H2,1H3,(H,24,25,26)/t11-/m1/s1. The molecule has 0 aliphatic heterocycles. The lowest BCUT2D eigenvalue weighted by Gasteiger charge is -2.19. The molecule has 2 aliphatic carbocycles. The first-order valence-electron chi connectivity index (χ1n) is 9.35. The van der Waals surface area contributed by atoms with Crippen molar-refractivity contribution in [2.45, 2.75) is 51.0 Å². The van der Waals surface area contributed by atoms with Gasteiger partial charge in [-0.2, -0.15) is 0 Å². The van der Waals surface area contributed by atoms with E-state index in [1.54, 1.807) is 13.1 Å². The van der Waals surface area contributed by atoms with Crippen LogP contribution in [0, 0.1) is 11.7 Å². The van der Waals surface area contributed by atoms with Crippen LogP contribution in [0.15, 0.2) is 24.4 Å². The van der Waals surface area contributed by atoms with Crippen molar-refractivity contribution in [1.29, 1.82) is 0 Å². The lowest BCUT2D eigenvalue weighted by molar-refractivity contribution is 0.146. The number of aromatic nitrogens is 2. The molecule has 0 spiro atoms. The first-order valence-corrected chi connectivity index (χ1v) is 9.35. The minimum absolute atomic E-state index is 0.174. The summed E-state index contributed by atoms with van der Waals surface area (Å²) < 4.78 is 46.3. The summed E-state index contributed by atoms with van der Waals surface area (Å²) in [4.78, 5) is 8.95. The largest absolute Gasteiger partial charge is 0.488 e. The molecular formula is C20H22F3N3O. The Bertz CT molecular complexity index is 822. The number of anilines is 1. The first-order chi connectivity index (χ1) is 13.0. The van der Waals surface area contributed by atoms with Crippen molar-refractivity contribution >= 4 is 5.82 Å². The molecule has 2 saturated carbocycles. The third kappa shape index (κ3) is 4.17. The molecule has 2 aliphatic rings. The maximum absolute atomic E-state index is 14.5. The second kappa shape index (κ2) is 7.37. The molecule has 27 heavy (non-hydrogen) atoms. The van der Waals surface area contributed by atoms with Crippen LogP contribution in [0.3, 0.4) is 0 Å². The highest BCUT2D eigenvalue weighted by Crippen LogP contribution is 2.40. The average Bonchev–Trinajstić information content (AvgIpc) is 3.54. The molecule has 0 saturated heterocycles. The molecule has 1 heterocycles. The molecule has 144 valence electrons. The first kappa shape index (κ1) is 18.1. The molecule has 4 rings (SSSR count). The van der Waals surface area contributed by atoms with E-state index in [1.165, 1.54) is 12.1 Å². The van der Waals surface area contributed by atoms with E-state index in [-0.39, 0.29) is 5.56 Å². The van der Waals surface area contributed by atoms with Crippen LogP contribution in [0.1, 0.15) is 67.9 Å². The quantitative estimate of drug-likeness (QED) is 0.670. The summed E-state index contributed by atoms with van der Waals surface area (Å²) in [5.74, 6) is 1.79. The van der Waals surface area contributed by atoms with Gasteiger partial charge in [-0.3, -0.25) is 0 Å². The number of benzene rings is 1. The molecule has 0 unspecified atom stereocenters. The molecule has 0 bridgehead atoms. The van der Waals surface area contributed by atoms with Crippen LogP contribution in [-0.4, -0.2) is 16.6 Å². The fourth-order valence-corrected chi connectivity index (χ4v) is 2.98. The Morgan fingerprint density at radius 1 is 1.19 bits per heavy atom. The summed E-state index contributed by atoms with van der Waals surface area (Å²) in [7, 11) is 0. The van der Waals surface area contributed by atoms with E-state index in [4.69, 9.17) is 4.74 Å². The highest BCUT2D eigenvalue weighted by Gasteiger charge is 2.29. The van der Waals surface area contributed by atoms with Gasteiger partial charge in [0.05, 0.1) is 24.4 Å². The Labute approximate surface area is 156 Å². The second-order valence-electron chi connectivity index (χ2n) is 7.39. The van der Waals surface area contributed by atoms with E-state index in [0.29, 0.717) is 30.0 Å². The molecule has 0 amide bonds. The molecule has 1 aromatic heterocycles. The van der Waals surface area contributed by atoms with Crippen molar-refractivity contribution in [3.8, 4) is 5.75 Å². The lowest BCUT2D eigenvalue weighted by Crippen LogP contribution is -2.14. The normalized spacial score (nSPS) is 17.8. The van der Waals surface area contributed by atoms with Gasteiger partial charge in [0.2, 0.25) is 0 Å². The summed E-state index contributed by atoms with van der Waals surface area (Å²) in [6.07, 6.45) is 3.24. The summed E-state index contributed by atoms with van der Waals surface area (Å²) in [5.41, 5.74) is -0.416. The van der Waals surface area contributed by atoms with Crippen molar-refractivity contribution in [3.05, 3.63) is 47.2 Å². The van der Waals surface area contributed by atoms with Crippen LogP contribution in [0.25, 0.3) is 0 Å². The fraction of sp³-hybridized carbons (Fsp3) is 0.500. The minimum atomic E-state index is -2.85. The Hall–Kier alpha value is -2.31. The van der Waals surface area contributed by atoms with E-state index in [9.17, 15) is 13.2 Å². The zero-order valence-corrected chi connectivity index (χ0v) is 15.1. The Balaban J connectivity index is 1.58. The van der Waals surface area contributed by atoms with Gasteiger partial charge in [0, 0.05) is 11.5 Å². The number of rotatable bonds is 8. The number of nitrogens with one attached hydrogen (secondary N) is 1. The number of nitrogens with zero attached hydrogens (tertiary/aromatic N) is 2. The maximum atomic E-state index is 14.5. The summed E-state index contributed by atoms with van der Waals surface area (Å²) >= 11 is 0. The highest BCUT2D eigenvalue weighted by molar-refractivity contribution is 5.51. The average molecular weight is 377 g/mol. The van der Waals surface area contributed by atoms with Crippen molar-refractivity contribution in [3.63, 3.8) is 0 Å². The van der Waals surface area contributed by atoms with Crippen LogP contribution in [0.4, 0.5) is 19.0 Å². The predicted molar refractivity (Wildman–Crippen MR) is 95.6 cm³/mol. The van der Waals surface area contributed by atoms with E-state index in [2.05, 4.69) is 15.3 Å². The maximum Gasteiger partial charge on any atom is 0.266 e. The van der Waals surface area contributed by atoms with E-state index in [0.717, 1.165) is 37.6 Å². The molecule has 7 heteroatoms. The Kier molecular flexibility index (Phi) is 4.93. The number of alkyl halides is 2. The van der Waals surface area contributed by atoms with Gasteiger partial charge in [-0.25, -0.2) is 23.1 Å². The van der Waals surface area contributed by atoms with Gasteiger partial charge in [-0.05, 0) is 38.5 Å². The van der Waals surface area contributed by atoms with Gasteiger partial charge >= 0.3 is 0 Å². The number of ether oxygens (including phenoxy) is 1. The van der Waals surface area contributed by atoms with Gasteiger partial charge in [-0.1, -0.05) is 18.2 Å². The third-order valence-corrected chi connectivity index (χ3v) is 5.00. The Morgan fingerprint density at radius 2 is 1.93 bits per heavy atom. The molecule has 1 atom stereocenters. The monoisotopic (exact) mass is 377 g/mol. The second-order valence-corrected chi connectivity index (χ2v) is 7.39. The molecule has 0 radical (unpaired) electrons. The van der Waals surface area contributed by atoms with E-state index >= 15 is 0 Å². The van der Waals surface area contributed by atoms with Crippen LogP contribution in [-0.2, 0) is 0 Å². The van der Waals surface area contributed by atoms with Crippen LogP contribution < -0.4 is 10.1 Å². The molecule has 1 aromatic carbocycles. The zero-order valence-electron chi connectivity index (χ0n) is 15.1. The topological polar surface area (TPSA) is 47.0 Å². The van der Waals surface area contributed by atoms with Gasteiger partial charge in [0.15, 0.2) is 11.6 Å². The Morgan fingerprint density at radius 3 is 2.59 bits per heavy atom. The lowest BCUT2D eigenvalue weighted by atomic mass is 10.0. The minimum Gasteiger partial charge on any atom is -0.488 e. The van der Waals surface area contributed by atoms with Gasteiger partial charge in [-0.15, -0.1) is 0 Å². The molecule has 4 nitrogen and oxygen atoms in total. The van der Waals surface area contributed by atoms with E-state index < -0.39 is 23.8 Å². The van der Waals surface area contributed by atoms with Crippen molar-refractivity contribution in [1.82, 2.24) is 9.97 Å². The van der Waals surface area contributed by atoms with Crippen LogP contribution in [0.2, 0.25) is 0 Å². The van der Waals surface area contributed by atoms with Gasteiger partial charge in [0.25, 0.3) is 6.43 Å². The molecular weight excluding hydrogens is 355 g/mol. The van der Waals surface area contributed by atoms with Crippen LogP contribution in [0.5, 0.6) is 5.75 Å².